The van der Waals surface area contributed by atoms with E-state index in [0.29, 0.717) is 12.8 Å². The Kier molecular flexibility index (Phi) is 6.44. The molecule has 1 aromatic rings. The van der Waals surface area contributed by atoms with Gasteiger partial charge in [-0.2, -0.15) is 0 Å². The fourth-order valence-electron chi connectivity index (χ4n) is 1.81. The van der Waals surface area contributed by atoms with Crippen molar-refractivity contribution < 1.29 is 9.90 Å². The fraction of sp³-hybridized carbons (Fsp3) is 0.533. The third-order valence-corrected chi connectivity index (χ3v) is 3.00. The van der Waals surface area contributed by atoms with Gasteiger partial charge in [0.2, 0.25) is 5.91 Å². The summed E-state index contributed by atoms with van der Waals surface area (Å²) in [5, 5.41) is 9.14. The van der Waals surface area contributed by atoms with Crippen molar-refractivity contribution >= 4 is 5.91 Å². The molecule has 1 N–H and O–H groups in total. The molecule has 18 heavy (non-hydrogen) atoms. The van der Waals surface area contributed by atoms with E-state index in [2.05, 4.69) is 12.1 Å². The number of rotatable bonds is 7. The van der Waals surface area contributed by atoms with Crippen molar-refractivity contribution in [1.29, 1.82) is 0 Å². The molecule has 1 atom stereocenters. The molecule has 0 saturated heterocycles. The van der Waals surface area contributed by atoms with Crippen LogP contribution in [-0.4, -0.2) is 35.6 Å². The summed E-state index contributed by atoms with van der Waals surface area (Å²) in [7, 11) is 1.83. The summed E-state index contributed by atoms with van der Waals surface area (Å²) in [5.74, 6) is 0.115. The molecule has 0 fully saturated rings. The first kappa shape index (κ1) is 14.7. The topological polar surface area (TPSA) is 40.5 Å². The summed E-state index contributed by atoms with van der Waals surface area (Å²) in [6, 6.07) is 10.3. The smallest absolute Gasteiger partial charge is 0.222 e. The van der Waals surface area contributed by atoms with Crippen molar-refractivity contribution in [3.63, 3.8) is 0 Å². The van der Waals surface area contributed by atoms with Gasteiger partial charge in [-0.1, -0.05) is 30.3 Å². The van der Waals surface area contributed by atoms with Gasteiger partial charge in [0, 0.05) is 20.0 Å². The SMILES string of the molecule is CC(O)CCC(=O)N(C)CCCc1ccccc1. The number of aliphatic hydroxyl groups is 1. The third kappa shape index (κ3) is 5.82. The first-order chi connectivity index (χ1) is 8.59. The molecule has 1 aromatic carbocycles. The van der Waals surface area contributed by atoms with Gasteiger partial charge in [0.1, 0.15) is 0 Å². The summed E-state index contributed by atoms with van der Waals surface area (Å²) in [5.41, 5.74) is 1.31. The Morgan fingerprint density at radius 2 is 2.00 bits per heavy atom. The highest BCUT2D eigenvalue weighted by Crippen LogP contribution is 2.05. The molecule has 0 radical (unpaired) electrons. The first-order valence-corrected chi connectivity index (χ1v) is 6.55. The molecule has 3 heteroatoms. The maximum atomic E-state index is 11.7. The van der Waals surface area contributed by atoms with Crippen molar-refractivity contribution in [2.75, 3.05) is 13.6 Å². The maximum Gasteiger partial charge on any atom is 0.222 e. The molecule has 0 aliphatic heterocycles. The van der Waals surface area contributed by atoms with Crippen molar-refractivity contribution in [3.05, 3.63) is 35.9 Å². The van der Waals surface area contributed by atoms with Crippen LogP contribution in [-0.2, 0) is 11.2 Å². The van der Waals surface area contributed by atoms with Gasteiger partial charge >= 0.3 is 0 Å². The summed E-state index contributed by atoms with van der Waals surface area (Å²) in [6.07, 6.45) is 2.55. The van der Waals surface area contributed by atoms with Crippen LogP contribution in [0.4, 0.5) is 0 Å². The number of nitrogens with zero attached hydrogens (tertiary/aromatic N) is 1. The van der Waals surface area contributed by atoms with Crippen LogP contribution in [0.2, 0.25) is 0 Å². The van der Waals surface area contributed by atoms with Gasteiger partial charge in [-0.3, -0.25) is 4.79 Å². The normalized spacial score (nSPS) is 12.2. The molecule has 0 saturated carbocycles. The number of hydrogen-bond acceptors (Lipinski definition) is 2. The van der Waals surface area contributed by atoms with E-state index in [0.717, 1.165) is 19.4 Å². The maximum absolute atomic E-state index is 11.7. The summed E-state index contributed by atoms with van der Waals surface area (Å²) >= 11 is 0. The Balaban J connectivity index is 2.20. The van der Waals surface area contributed by atoms with E-state index >= 15 is 0 Å². The molecular weight excluding hydrogens is 226 g/mol. The number of carbonyl (C=O) groups excluding carboxylic acids is 1. The Labute approximate surface area is 109 Å². The van der Waals surface area contributed by atoms with Crippen LogP contribution >= 0.6 is 0 Å². The second kappa shape index (κ2) is 7.88. The average Bonchev–Trinajstić information content (AvgIpc) is 2.37. The van der Waals surface area contributed by atoms with Crippen molar-refractivity contribution in [3.8, 4) is 0 Å². The molecule has 0 aliphatic carbocycles. The van der Waals surface area contributed by atoms with Crippen LogP contribution in [0.1, 0.15) is 31.7 Å². The fourth-order valence-corrected chi connectivity index (χ4v) is 1.81. The predicted octanol–water partition coefficient (Wildman–Crippen LogP) is 2.24. The second-order valence-electron chi connectivity index (χ2n) is 4.79. The zero-order valence-corrected chi connectivity index (χ0v) is 11.3. The average molecular weight is 249 g/mol. The number of aliphatic hydroxyl groups excluding tert-OH is 1. The molecule has 0 spiro atoms. The van der Waals surface area contributed by atoms with E-state index < -0.39 is 6.10 Å². The number of hydrogen-bond donors (Lipinski definition) is 1. The summed E-state index contributed by atoms with van der Waals surface area (Å²) in [4.78, 5) is 13.5. The minimum Gasteiger partial charge on any atom is -0.393 e. The minimum absolute atomic E-state index is 0.115. The van der Waals surface area contributed by atoms with Gasteiger partial charge in [0.05, 0.1) is 6.10 Å². The quantitative estimate of drug-likeness (QED) is 0.805. The van der Waals surface area contributed by atoms with Gasteiger partial charge < -0.3 is 10.0 Å². The zero-order valence-electron chi connectivity index (χ0n) is 11.3. The molecule has 0 aliphatic rings. The molecule has 0 heterocycles. The highest BCUT2D eigenvalue weighted by Gasteiger charge is 2.09. The van der Waals surface area contributed by atoms with E-state index in [9.17, 15) is 4.79 Å². The Bertz CT molecular complexity index is 349. The van der Waals surface area contributed by atoms with Crippen molar-refractivity contribution in [1.82, 2.24) is 4.90 Å². The molecule has 1 rings (SSSR count). The molecule has 1 amide bonds. The Hall–Kier alpha value is -1.35. The van der Waals surface area contributed by atoms with Crippen LogP contribution in [0.5, 0.6) is 0 Å². The molecule has 3 nitrogen and oxygen atoms in total. The Morgan fingerprint density at radius 3 is 2.61 bits per heavy atom. The predicted molar refractivity (Wildman–Crippen MR) is 73.3 cm³/mol. The van der Waals surface area contributed by atoms with Gasteiger partial charge in [-0.15, -0.1) is 0 Å². The zero-order chi connectivity index (χ0) is 13.4. The third-order valence-electron chi connectivity index (χ3n) is 3.00. The summed E-state index contributed by atoms with van der Waals surface area (Å²) in [6.45, 7) is 2.48. The van der Waals surface area contributed by atoms with E-state index in [1.54, 1.807) is 11.8 Å². The lowest BCUT2D eigenvalue weighted by Crippen LogP contribution is -2.28. The molecule has 1 unspecified atom stereocenters. The lowest BCUT2D eigenvalue weighted by atomic mass is 10.1. The molecular formula is C15H23NO2. The Morgan fingerprint density at radius 1 is 1.33 bits per heavy atom. The van der Waals surface area contributed by atoms with E-state index in [4.69, 9.17) is 5.11 Å². The standard InChI is InChI=1S/C15H23NO2/c1-13(17)10-11-15(18)16(2)12-6-9-14-7-4-3-5-8-14/h3-5,7-8,13,17H,6,9-12H2,1-2H3. The van der Waals surface area contributed by atoms with Gasteiger partial charge in [0.25, 0.3) is 0 Å². The number of benzene rings is 1. The van der Waals surface area contributed by atoms with Crippen LogP contribution < -0.4 is 0 Å². The van der Waals surface area contributed by atoms with E-state index in [1.165, 1.54) is 5.56 Å². The van der Waals surface area contributed by atoms with E-state index in [1.807, 2.05) is 25.2 Å². The highest BCUT2D eigenvalue weighted by atomic mass is 16.3. The van der Waals surface area contributed by atoms with Crippen LogP contribution in [0.25, 0.3) is 0 Å². The van der Waals surface area contributed by atoms with Crippen molar-refractivity contribution in [2.24, 2.45) is 0 Å². The first-order valence-electron chi connectivity index (χ1n) is 6.55. The monoisotopic (exact) mass is 249 g/mol. The lowest BCUT2D eigenvalue weighted by molar-refractivity contribution is -0.130. The molecule has 0 aromatic heterocycles. The van der Waals surface area contributed by atoms with Gasteiger partial charge in [0.15, 0.2) is 0 Å². The van der Waals surface area contributed by atoms with Crippen LogP contribution in [0.3, 0.4) is 0 Å². The molecule has 100 valence electrons. The van der Waals surface area contributed by atoms with Crippen LogP contribution in [0.15, 0.2) is 30.3 Å². The number of carbonyl (C=O) groups is 1. The lowest BCUT2D eigenvalue weighted by Gasteiger charge is -2.17. The largest absolute Gasteiger partial charge is 0.393 e. The van der Waals surface area contributed by atoms with Crippen molar-refractivity contribution in [2.45, 2.75) is 38.7 Å². The van der Waals surface area contributed by atoms with E-state index in [-0.39, 0.29) is 5.91 Å². The van der Waals surface area contributed by atoms with Crippen LogP contribution in [0, 0.1) is 0 Å². The number of amides is 1. The summed E-state index contributed by atoms with van der Waals surface area (Å²) < 4.78 is 0. The van der Waals surface area contributed by atoms with Gasteiger partial charge in [-0.05, 0) is 31.7 Å². The minimum atomic E-state index is -0.397. The number of aryl methyl sites for hydroxylation is 1. The van der Waals surface area contributed by atoms with Gasteiger partial charge in [-0.25, -0.2) is 0 Å². The second-order valence-corrected chi connectivity index (χ2v) is 4.79. The molecule has 0 bridgehead atoms. The highest BCUT2D eigenvalue weighted by molar-refractivity contribution is 5.75.